The molecule has 0 aliphatic carbocycles. The molecule has 0 radical (unpaired) electrons. The maximum atomic E-state index is 12.0. The van der Waals surface area contributed by atoms with Crippen LogP contribution >= 0.6 is 11.6 Å². The van der Waals surface area contributed by atoms with Gasteiger partial charge in [-0.25, -0.2) is 9.59 Å². The molecule has 2 heterocycles. The van der Waals surface area contributed by atoms with Gasteiger partial charge in [-0.15, -0.1) is 0 Å². The summed E-state index contributed by atoms with van der Waals surface area (Å²) in [6.45, 7) is 7.60. The molecule has 0 bridgehead atoms. The van der Waals surface area contributed by atoms with E-state index in [9.17, 15) is 14.4 Å². The van der Waals surface area contributed by atoms with Gasteiger partial charge in [-0.1, -0.05) is 44.5 Å². The lowest BCUT2D eigenvalue weighted by atomic mass is 9.91. The Kier molecular flexibility index (Phi) is 7.52. The number of rotatable bonds is 2. The van der Waals surface area contributed by atoms with Crippen LogP contribution in [0.3, 0.4) is 0 Å². The van der Waals surface area contributed by atoms with E-state index in [1.165, 1.54) is 12.0 Å². The highest BCUT2D eigenvalue weighted by atomic mass is 35.5. The molecule has 1 unspecified atom stereocenters. The van der Waals surface area contributed by atoms with Crippen molar-refractivity contribution < 1.29 is 24.2 Å². The topological polar surface area (TPSA) is 87.1 Å². The number of fused-ring (bicyclic) bond motifs is 1. The number of amides is 2. The third-order valence-electron chi connectivity index (χ3n) is 4.92. The van der Waals surface area contributed by atoms with Gasteiger partial charge in [0, 0.05) is 24.5 Å². The number of likely N-dealkylation sites (tertiary alicyclic amines) is 1. The monoisotopic (exact) mass is 424 g/mol. The number of hydrogen-bond acceptors (Lipinski definition) is 4. The van der Waals surface area contributed by atoms with E-state index >= 15 is 0 Å². The molecule has 7 nitrogen and oxygen atoms in total. The highest BCUT2D eigenvalue weighted by Gasteiger charge is 2.35. The predicted molar refractivity (Wildman–Crippen MR) is 110 cm³/mol. The van der Waals surface area contributed by atoms with E-state index in [1.54, 1.807) is 11.0 Å². The number of ether oxygens (including phenoxy) is 1. The van der Waals surface area contributed by atoms with Gasteiger partial charge in [0.15, 0.2) is 0 Å². The van der Waals surface area contributed by atoms with Gasteiger partial charge in [0.2, 0.25) is 5.91 Å². The van der Waals surface area contributed by atoms with Crippen molar-refractivity contribution in [3.63, 3.8) is 0 Å². The fourth-order valence-electron chi connectivity index (χ4n) is 3.52. The molecular weight excluding hydrogens is 396 g/mol. The average molecular weight is 425 g/mol. The number of halogens is 1. The van der Waals surface area contributed by atoms with Gasteiger partial charge in [0.1, 0.15) is 6.04 Å². The summed E-state index contributed by atoms with van der Waals surface area (Å²) in [6, 6.07) is 5.17. The van der Waals surface area contributed by atoms with Crippen LogP contribution in [0.25, 0.3) is 0 Å². The van der Waals surface area contributed by atoms with Crippen LogP contribution in [-0.2, 0) is 27.4 Å². The van der Waals surface area contributed by atoms with E-state index in [0.29, 0.717) is 31.1 Å². The fraction of sp³-hybridized carbons (Fsp3) is 0.571. The van der Waals surface area contributed by atoms with Crippen LogP contribution in [-0.4, -0.2) is 52.6 Å². The summed E-state index contributed by atoms with van der Waals surface area (Å²) in [5, 5.41) is 9.41. The second kappa shape index (κ2) is 9.48. The SMILES string of the molecule is COC(=O)C1CCCN1C(=O)CC(C)(C)C.O=C(O)N1Cc2cccc(Cl)c2C1. The van der Waals surface area contributed by atoms with Crippen LogP contribution in [0, 0.1) is 5.41 Å². The zero-order valence-electron chi connectivity index (χ0n) is 17.4. The largest absolute Gasteiger partial charge is 0.467 e. The Balaban J connectivity index is 0.000000211. The number of carbonyl (C=O) groups is 3. The molecule has 1 aromatic rings. The molecule has 160 valence electrons. The van der Waals surface area contributed by atoms with E-state index in [4.69, 9.17) is 21.4 Å². The minimum atomic E-state index is -0.896. The summed E-state index contributed by atoms with van der Waals surface area (Å²) >= 11 is 5.92. The van der Waals surface area contributed by atoms with Gasteiger partial charge in [0.05, 0.1) is 13.7 Å². The number of esters is 1. The van der Waals surface area contributed by atoms with Crippen LogP contribution in [0.4, 0.5) is 4.79 Å². The lowest BCUT2D eigenvalue weighted by Gasteiger charge is -2.26. The van der Waals surface area contributed by atoms with Crippen molar-refractivity contribution in [2.45, 2.75) is 59.2 Å². The number of nitrogens with zero attached hydrogens (tertiary/aromatic N) is 2. The van der Waals surface area contributed by atoms with Crippen LogP contribution < -0.4 is 0 Å². The Hall–Kier alpha value is -2.28. The van der Waals surface area contributed by atoms with Crippen molar-refractivity contribution in [2.24, 2.45) is 5.41 Å². The lowest BCUT2D eigenvalue weighted by molar-refractivity contribution is -0.151. The van der Waals surface area contributed by atoms with Crippen molar-refractivity contribution in [3.05, 3.63) is 34.3 Å². The highest BCUT2D eigenvalue weighted by molar-refractivity contribution is 6.31. The molecule has 2 aliphatic heterocycles. The van der Waals surface area contributed by atoms with E-state index in [2.05, 4.69) is 0 Å². The zero-order valence-corrected chi connectivity index (χ0v) is 18.2. The van der Waals surface area contributed by atoms with Gasteiger partial charge in [-0.3, -0.25) is 9.69 Å². The Morgan fingerprint density at radius 2 is 1.93 bits per heavy atom. The van der Waals surface area contributed by atoms with Crippen LogP contribution in [0.1, 0.15) is 51.2 Å². The summed E-state index contributed by atoms with van der Waals surface area (Å²) in [5.41, 5.74) is 1.90. The van der Waals surface area contributed by atoms with E-state index in [0.717, 1.165) is 24.0 Å². The second-order valence-electron chi connectivity index (χ2n) is 8.52. The maximum absolute atomic E-state index is 12.0. The molecule has 0 saturated carbocycles. The smallest absolute Gasteiger partial charge is 0.407 e. The van der Waals surface area contributed by atoms with Gasteiger partial charge in [-0.05, 0) is 35.4 Å². The lowest BCUT2D eigenvalue weighted by Crippen LogP contribution is -2.42. The third-order valence-corrected chi connectivity index (χ3v) is 5.28. The van der Waals surface area contributed by atoms with Crippen molar-refractivity contribution in [3.8, 4) is 0 Å². The number of methoxy groups -OCH3 is 1. The highest BCUT2D eigenvalue weighted by Crippen LogP contribution is 2.28. The van der Waals surface area contributed by atoms with E-state index in [1.807, 2.05) is 32.9 Å². The standard InChI is InChI=1S/C12H21NO3.C9H8ClNO2/c1-12(2,3)8-10(14)13-7-5-6-9(13)11(15)16-4;10-8-3-1-2-6-4-11(9(12)13)5-7(6)8/h9H,5-8H2,1-4H3;1-3H,4-5H2,(H,12,13). The number of carboxylic acid groups (broad SMARTS) is 1. The molecule has 1 atom stereocenters. The predicted octanol–water partition coefficient (Wildman–Crippen LogP) is 3.92. The quantitative estimate of drug-likeness (QED) is 0.727. The maximum Gasteiger partial charge on any atom is 0.407 e. The molecule has 0 spiro atoms. The minimum Gasteiger partial charge on any atom is -0.467 e. The summed E-state index contributed by atoms with van der Waals surface area (Å²) in [5.74, 6) is -0.236. The van der Waals surface area contributed by atoms with Gasteiger partial charge in [-0.2, -0.15) is 0 Å². The molecule has 3 rings (SSSR count). The Morgan fingerprint density at radius 3 is 2.48 bits per heavy atom. The Labute approximate surface area is 176 Å². The summed E-state index contributed by atoms with van der Waals surface area (Å²) in [7, 11) is 1.37. The first-order valence-electron chi connectivity index (χ1n) is 9.65. The Bertz CT molecular complexity index is 775. The summed E-state index contributed by atoms with van der Waals surface area (Å²) in [4.78, 5) is 37.2. The van der Waals surface area contributed by atoms with Crippen LogP contribution in [0.5, 0.6) is 0 Å². The molecule has 2 aliphatic rings. The second-order valence-corrected chi connectivity index (χ2v) is 8.93. The minimum absolute atomic E-state index is 0.0413. The van der Waals surface area contributed by atoms with Crippen molar-refractivity contribution >= 4 is 29.6 Å². The third kappa shape index (κ3) is 6.10. The number of hydrogen-bond donors (Lipinski definition) is 1. The molecule has 1 fully saturated rings. The fourth-order valence-corrected chi connectivity index (χ4v) is 3.77. The molecule has 1 saturated heterocycles. The molecule has 29 heavy (non-hydrogen) atoms. The van der Waals surface area contributed by atoms with E-state index in [-0.39, 0.29) is 23.3 Å². The van der Waals surface area contributed by atoms with Crippen LogP contribution in [0.2, 0.25) is 5.02 Å². The van der Waals surface area contributed by atoms with Gasteiger partial charge < -0.3 is 14.7 Å². The van der Waals surface area contributed by atoms with Gasteiger partial charge >= 0.3 is 12.1 Å². The number of carbonyl (C=O) groups excluding carboxylic acids is 2. The molecule has 1 N–H and O–H groups in total. The first-order valence-corrected chi connectivity index (χ1v) is 10.0. The number of benzene rings is 1. The molecule has 2 amide bonds. The first-order chi connectivity index (χ1) is 13.5. The normalized spacial score (nSPS) is 18.0. The van der Waals surface area contributed by atoms with Crippen molar-refractivity contribution in [2.75, 3.05) is 13.7 Å². The Morgan fingerprint density at radius 1 is 1.24 bits per heavy atom. The molecular formula is C21H29ClN2O5. The first kappa shape index (κ1) is 23.0. The van der Waals surface area contributed by atoms with Gasteiger partial charge in [0.25, 0.3) is 0 Å². The average Bonchev–Trinajstić information content (AvgIpc) is 3.28. The zero-order chi connectivity index (χ0) is 21.8. The molecule has 8 heteroatoms. The summed E-state index contributed by atoms with van der Waals surface area (Å²) < 4.78 is 4.71. The van der Waals surface area contributed by atoms with Crippen molar-refractivity contribution in [1.29, 1.82) is 0 Å². The van der Waals surface area contributed by atoms with E-state index < -0.39 is 6.09 Å². The van der Waals surface area contributed by atoms with Crippen LogP contribution in [0.15, 0.2) is 18.2 Å². The molecule has 0 aromatic heterocycles. The summed E-state index contributed by atoms with van der Waals surface area (Å²) in [6.07, 6.45) is 1.19. The van der Waals surface area contributed by atoms with Crippen molar-refractivity contribution in [1.82, 2.24) is 9.80 Å². The molecule has 1 aromatic carbocycles.